The molecule has 0 bridgehead atoms. The minimum Gasteiger partial charge on any atom is -0.486 e. The van der Waals surface area contributed by atoms with Crippen LogP contribution in [0.1, 0.15) is 20.8 Å². The molecule has 1 heterocycles. The van der Waals surface area contributed by atoms with Crippen LogP contribution in [0.15, 0.2) is 18.2 Å². The van der Waals surface area contributed by atoms with Crippen molar-refractivity contribution < 1.29 is 19.1 Å². The Bertz CT molecular complexity index is 603. The van der Waals surface area contributed by atoms with E-state index in [0.29, 0.717) is 36.9 Å². The SMILES string of the molecule is CCN(CC(=O)Nc1ccc2c(c1)OCCO2)C(=O)[C@@H](N)C(C)C. The highest BCUT2D eigenvalue weighted by Gasteiger charge is 2.24. The number of nitrogens with zero attached hydrogens (tertiary/aromatic N) is 1. The van der Waals surface area contributed by atoms with Crippen molar-refractivity contribution in [2.75, 3.05) is 31.6 Å². The summed E-state index contributed by atoms with van der Waals surface area (Å²) >= 11 is 0. The Morgan fingerprint density at radius 3 is 2.54 bits per heavy atom. The monoisotopic (exact) mass is 335 g/mol. The fourth-order valence-corrected chi connectivity index (χ4v) is 2.34. The molecule has 1 aromatic carbocycles. The number of amides is 2. The lowest BCUT2D eigenvalue weighted by Crippen LogP contribution is -2.48. The lowest BCUT2D eigenvalue weighted by atomic mass is 10.0. The number of benzene rings is 1. The van der Waals surface area contributed by atoms with Gasteiger partial charge in [0.05, 0.1) is 12.6 Å². The molecular formula is C17H25N3O4. The standard InChI is InChI=1S/C17H25N3O4/c1-4-20(17(22)16(18)11(2)3)10-15(21)19-12-5-6-13-14(9-12)24-8-7-23-13/h5-6,9,11,16H,4,7-8,10,18H2,1-3H3,(H,19,21)/t16-/m0/s1. The van der Waals surface area contributed by atoms with Gasteiger partial charge in [-0.15, -0.1) is 0 Å². The Kier molecular flexibility index (Phi) is 6.03. The Hall–Kier alpha value is -2.28. The summed E-state index contributed by atoms with van der Waals surface area (Å²) < 4.78 is 10.9. The van der Waals surface area contributed by atoms with Crippen LogP contribution >= 0.6 is 0 Å². The first kappa shape index (κ1) is 18.1. The second-order valence-electron chi connectivity index (χ2n) is 6.03. The Morgan fingerprint density at radius 2 is 1.92 bits per heavy atom. The van der Waals surface area contributed by atoms with Crippen molar-refractivity contribution in [3.63, 3.8) is 0 Å². The van der Waals surface area contributed by atoms with Crippen LogP contribution < -0.4 is 20.5 Å². The van der Waals surface area contributed by atoms with Crippen molar-refractivity contribution in [1.82, 2.24) is 4.90 Å². The van der Waals surface area contributed by atoms with Crippen LogP contribution in [-0.2, 0) is 9.59 Å². The Morgan fingerprint density at radius 1 is 1.25 bits per heavy atom. The third-order valence-electron chi connectivity index (χ3n) is 3.86. The van der Waals surface area contributed by atoms with Gasteiger partial charge in [0.1, 0.15) is 13.2 Å². The third kappa shape index (κ3) is 4.38. The molecule has 2 amide bonds. The van der Waals surface area contributed by atoms with Gasteiger partial charge in [-0.25, -0.2) is 0 Å². The van der Waals surface area contributed by atoms with Crippen LogP contribution in [0.3, 0.4) is 0 Å². The van der Waals surface area contributed by atoms with Crippen LogP contribution in [0.25, 0.3) is 0 Å². The molecule has 1 aliphatic heterocycles. The van der Waals surface area contributed by atoms with E-state index in [0.717, 1.165) is 0 Å². The van der Waals surface area contributed by atoms with Gasteiger partial charge in [-0.1, -0.05) is 13.8 Å². The lowest BCUT2D eigenvalue weighted by molar-refractivity contribution is -0.136. The summed E-state index contributed by atoms with van der Waals surface area (Å²) in [5.74, 6) is 0.784. The van der Waals surface area contributed by atoms with E-state index < -0.39 is 6.04 Å². The number of hydrogen-bond donors (Lipinski definition) is 2. The van der Waals surface area contributed by atoms with Gasteiger partial charge in [-0.05, 0) is 25.0 Å². The fraction of sp³-hybridized carbons (Fsp3) is 0.529. The molecule has 0 fully saturated rings. The number of ether oxygens (including phenoxy) is 2. The molecule has 3 N–H and O–H groups in total. The molecule has 1 atom stereocenters. The van der Waals surface area contributed by atoms with Crippen LogP contribution in [0.5, 0.6) is 11.5 Å². The van der Waals surface area contributed by atoms with Crippen LogP contribution in [0, 0.1) is 5.92 Å². The summed E-state index contributed by atoms with van der Waals surface area (Å²) in [4.78, 5) is 26.0. The Balaban J connectivity index is 1.97. The van der Waals surface area contributed by atoms with Gasteiger partial charge >= 0.3 is 0 Å². The minimum absolute atomic E-state index is 0.0207. The minimum atomic E-state index is -0.605. The van der Waals surface area contributed by atoms with E-state index in [1.165, 1.54) is 4.90 Å². The van der Waals surface area contributed by atoms with E-state index >= 15 is 0 Å². The van der Waals surface area contributed by atoms with E-state index in [2.05, 4.69) is 5.32 Å². The molecule has 0 aromatic heterocycles. The van der Waals surface area contributed by atoms with Crippen LogP contribution in [0.4, 0.5) is 5.69 Å². The van der Waals surface area contributed by atoms with Crippen LogP contribution in [-0.4, -0.2) is 49.1 Å². The largest absolute Gasteiger partial charge is 0.486 e. The van der Waals surface area contributed by atoms with E-state index in [9.17, 15) is 9.59 Å². The van der Waals surface area contributed by atoms with E-state index in [-0.39, 0.29) is 24.3 Å². The van der Waals surface area contributed by atoms with Crippen molar-refractivity contribution in [2.24, 2.45) is 11.7 Å². The van der Waals surface area contributed by atoms with Gasteiger partial charge in [0, 0.05) is 18.3 Å². The number of nitrogens with one attached hydrogen (secondary N) is 1. The zero-order chi connectivity index (χ0) is 17.7. The van der Waals surface area contributed by atoms with E-state index in [1.807, 2.05) is 20.8 Å². The predicted octanol–water partition coefficient (Wildman–Crippen LogP) is 1.23. The zero-order valence-corrected chi connectivity index (χ0v) is 14.4. The molecule has 0 saturated heterocycles. The summed E-state index contributed by atoms with van der Waals surface area (Å²) in [7, 11) is 0. The maximum absolute atomic E-state index is 12.3. The molecule has 0 unspecified atom stereocenters. The van der Waals surface area contributed by atoms with Crippen molar-refractivity contribution in [1.29, 1.82) is 0 Å². The lowest BCUT2D eigenvalue weighted by Gasteiger charge is -2.25. The maximum Gasteiger partial charge on any atom is 0.243 e. The second-order valence-corrected chi connectivity index (χ2v) is 6.03. The first-order chi connectivity index (χ1) is 11.4. The smallest absolute Gasteiger partial charge is 0.243 e. The van der Waals surface area contributed by atoms with Gasteiger partial charge in [-0.2, -0.15) is 0 Å². The number of carbonyl (C=O) groups is 2. The Labute approximate surface area is 142 Å². The highest BCUT2D eigenvalue weighted by Crippen LogP contribution is 2.32. The molecule has 1 aromatic rings. The van der Waals surface area contributed by atoms with E-state index in [4.69, 9.17) is 15.2 Å². The molecule has 7 nitrogen and oxygen atoms in total. The molecule has 1 aliphatic rings. The van der Waals surface area contributed by atoms with E-state index in [1.54, 1.807) is 18.2 Å². The molecule has 0 radical (unpaired) electrons. The molecule has 0 spiro atoms. The van der Waals surface area contributed by atoms with Gasteiger partial charge in [-0.3, -0.25) is 9.59 Å². The zero-order valence-electron chi connectivity index (χ0n) is 14.4. The number of anilines is 1. The average molecular weight is 335 g/mol. The molecular weight excluding hydrogens is 310 g/mol. The van der Waals surface area contributed by atoms with Crippen molar-refractivity contribution in [2.45, 2.75) is 26.8 Å². The normalized spacial score (nSPS) is 14.2. The molecule has 132 valence electrons. The average Bonchev–Trinajstić information content (AvgIpc) is 2.58. The topological polar surface area (TPSA) is 93.9 Å². The number of fused-ring (bicyclic) bond motifs is 1. The molecule has 0 aliphatic carbocycles. The second kappa shape index (κ2) is 8.01. The molecule has 0 saturated carbocycles. The molecule has 2 rings (SSSR count). The fourth-order valence-electron chi connectivity index (χ4n) is 2.34. The third-order valence-corrected chi connectivity index (χ3v) is 3.86. The highest BCUT2D eigenvalue weighted by atomic mass is 16.6. The van der Waals surface area contributed by atoms with Crippen molar-refractivity contribution >= 4 is 17.5 Å². The summed E-state index contributed by atoms with van der Waals surface area (Å²) in [5.41, 5.74) is 6.49. The van der Waals surface area contributed by atoms with Crippen LogP contribution in [0.2, 0.25) is 0 Å². The summed E-state index contributed by atoms with van der Waals surface area (Å²) in [6.45, 7) is 6.97. The van der Waals surface area contributed by atoms with Gasteiger partial charge in [0.2, 0.25) is 11.8 Å². The summed E-state index contributed by atoms with van der Waals surface area (Å²) in [6.07, 6.45) is 0. The number of rotatable bonds is 6. The number of nitrogens with two attached hydrogens (primary N) is 1. The van der Waals surface area contributed by atoms with Gasteiger partial charge in [0.15, 0.2) is 11.5 Å². The number of likely N-dealkylation sites (N-methyl/N-ethyl adjacent to an activating group) is 1. The quantitative estimate of drug-likeness (QED) is 0.815. The summed E-state index contributed by atoms with van der Waals surface area (Å²) in [5, 5.41) is 2.77. The molecule has 7 heteroatoms. The van der Waals surface area contributed by atoms with Crippen molar-refractivity contribution in [3.05, 3.63) is 18.2 Å². The number of carbonyl (C=O) groups excluding carboxylic acids is 2. The van der Waals surface area contributed by atoms with Crippen molar-refractivity contribution in [3.8, 4) is 11.5 Å². The summed E-state index contributed by atoms with van der Waals surface area (Å²) in [6, 6.07) is 4.60. The number of hydrogen-bond acceptors (Lipinski definition) is 5. The van der Waals surface area contributed by atoms with Gasteiger partial charge in [0.25, 0.3) is 0 Å². The maximum atomic E-state index is 12.3. The van der Waals surface area contributed by atoms with Gasteiger partial charge < -0.3 is 25.4 Å². The first-order valence-electron chi connectivity index (χ1n) is 8.16. The highest BCUT2D eigenvalue weighted by molar-refractivity contribution is 5.95. The molecule has 24 heavy (non-hydrogen) atoms. The first-order valence-corrected chi connectivity index (χ1v) is 8.16. The predicted molar refractivity (Wildman–Crippen MR) is 91.1 cm³/mol.